The van der Waals surface area contributed by atoms with E-state index in [0.717, 1.165) is 33.7 Å². The molecule has 7 rings (SSSR count). The van der Waals surface area contributed by atoms with Gasteiger partial charge in [0.2, 0.25) is 0 Å². The molecule has 5 aromatic carbocycles. The first-order valence-electron chi connectivity index (χ1n) is 17.2. The Balaban J connectivity index is 0.000000241. The Labute approximate surface area is 314 Å². The summed E-state index contributed by atoms with van der Waals surface area (Å²) in [6, 6.07) is 50.9. The molecule has 0 aliphatic rings. The minimum Gasteiger partial charge on any atom is 0 e. The van der Waals surface area contributed by atoms with Gasteiger partial charge in [-0.25, -0.2) is 0 Å². The summed E-state index contributed by atoms with van der Waals surface area (Å²) >= 11 is -1.72. The van der Waals surface area contributed by atoms with Crippen molar-refractivity contribution in [3.8, 4) is 39.5 Å². The van der Waals surface area contributed by atoms with Gasteiger partial charge in [-0.1, -0.05) is 70.2 Å². The van der Waals surface area contributed by atoms with Gasteiger partial charge in [0.25, 0.3) is 0 Å². The summed E-state index contributed by atoms with van der Waals surface area (Å²) in [6.07, 6.45) is 2.04. The molecule has 0 atom stereocenters. The van der Waals surface area contributed by atoms with E-state index in [4.69, 9.17) is 4.98 Å². The second-order valence-corrected chi connectivity index (χ2v) is 24.8. The second kappa shape index (κ2) is 16.3. The maximum Gasteiger partial charge on any atom is 0 e. The molecule has 0 saturated carbocycles. The van der Waals surface area contributed by atoms with Gasteiger partial charge in [-0.05, 0) is 58.4 Å². The van der Waals surface area contributed by atoms with Crippen molar-refractivity contribution in [2.24, 2.45) is 0 Å². The number of para-hydroxylation sites is 2. The fourth-order valence-electron chi connectivity index (χ4n) is 6.13. The van der Waals surface area contributed by atoms with E-state index >= 15 is 0 Å². The third kappa shape index (κ3) is 8.27. The number of imidazole rings is 1. The summed E-state index contributed by atoms with van der Waals surface area (Å²) in [5.74, 6) is 8.79. The summed E-state index contributed by atoms with van der Waals surface area (Å²) in [5.41, 5.74) is 11.6. The predicted molar refractivity (Wildman–Crippen MR) is 210 cm³/mol. The van der Waals surface area contributed by atoms with Crippen molar-refractivity contribution in [2.75, 3.05) is 0 Å². The van der Waals surface area contributed by atoms with Crippen molar-refractivity contribution >= 4 is 28.7 Å². The van der Waals surface area contributed by atoms with Gasteiger partial charge < -0.3 is 4.57 Å². The van der Waals surface area contributed by atoms with Gasteiger partial charge in [0, 0.05) is 25.8 Å². The molecule has 0 spiro atoms. The van der Waals surface area contributed by atoms with Crippen LogP contribution in [0.25, 0.3) is 50.5 Å². The smallest absolute Gasteiger partial charge is 0 e. The zero-order valence-electron chi connectivity index (χ0n) is 30.0. The zero-order chi connectivity index (χ0) is 34.5. The average molecular weight is 893 g/mol. The van der Waals surface area contributed by atoms with Crippen LogP contribution in [0, 0.1) is 12.1 Å². The van der Waals surface area contributed by atoms with Crippen LogP contribution in [0.4, 0.5) is 0 Å². The van der Waals surface area contributed by atoms with Crippen LogP contribution in [0.2, 0.25) is 17.3 Å². The first-order valence-corrected chi connectivity index (χ1v) is 24.6. The Bertz CT molecular complexity index is 2100. The molecule has 0 aliphatic heterocycles. The minimum absolute atomic E-state index is 0. The second-order valence-electron chi connectivity index (χ2n) is 14.2. The Morgan fingerprint density at radius 3 is 1.74 bits per heavy atom. The molecule has 7 aromatic rings. The van der Waals surface area contributed by atoms with Gasteiger partial charge >= 0.3 is 99.8 Å². The monoisotopic (exact) mass is 894 g/mol. The minimum atomic E-state index is -1.72. The normalized spacial score (nSPS) is 11.3. The Hall–Kier alpha value is -4.09. The van der Waals surface area contributed by atoms with E-state index in [1.54, 1.807) is 0 Å². The van der Waals surface area contributed by atoms with Crippen LogP contribution in [-0.4, -0.2) is 27.8 Å². The fraction of sp³-hybridized carbons (Fsp3) is 0.200. The average Bonchev–Trinajstić information content (AvgIpc) is 3.51. The number of hydrogen-bond acceptors (Lipinski definition) is 2. The van der Waals surface area contributed by atoms with Crippen molar-refractivity contribution in [1.29, 1.82) is 0 Å². The number of rotatable bonds is 7. The number of nitrogens with zero attached hydrogens (tertiary/aromatic N) is 3. The molecule has 2 heterocycles. The topological polar surface area (TPSA) is 30.7 Å². The molecule has 0 unspecified atom stereocenters. The van der Waals surface area contributed by atoms with Crippen molar-refractivity contribution in [1.82, 2.24) is 14.5 Å². The van der Waals surface area contributed by atoms with Crippen molar-refractivity contribution in [3.63, 3.8) is 0 Å². The number of hydrogen-bond donors (Lipinski definition) is 0. The fourth-order valence-corrected chi connectivity index (χ4v) is 8.30. The molecule has 0 bridgehead atoms. The van der Waals surface area contributed by atoms with Crippen LogP contribution < -0.4 is 4.40 Å². The molecule has 0 amide bonds. The quantitative estimate of drug-likeness (QED) is 0.118. The SMILES string of the molecule is CC(C)c1cc(-c2ccccc2)cc(C(C)C)c1-n1c(-c2[c-]cccc2)nc2ccccc21.[CH3][Ge]([CH3])([CH3])[c]1ccc(-c2[c-]cccc2)nc1.[Ir]. The summed E-state index contributed by atoms with van der Waals surface area (Å²) in [5, 5.41) is 0. The van der Waals surface area contributed by atoms with Crippen LogP contribution in [0.1, 0.15) is 50.7 Å². The number of aromatic nitrogens is 3. The zero-order valence-corrected chi connectivity index (χ0v) is 34.5. The van der Waals surface area contributed by atoms with E-state index in [9.17, 15) is 0 Å². The first-order chi connectivity index (χ1) is 23.6. The Morgan fingerprint density at radius 1 is 0.620 bits per heavy atom. The van der Waals surface area contributed by atoms with Crippen LogP contribution in [0.5, 0.6) is 0 Å². The molecule has 1 radical (unpaired) electrons. The molecule has 0 aliphatic carbocycles. The number of pyridine rings is 1. The molecule has 0 saturated heterocycles. The van der Waals surface area contributed by atoms with Crippen LogP contribution >= 0.6 is 0 Å². The van der Waals surface area contributed by atoms with Gasteiger partial charge in [0.1, 0.15) is 0 Å². The largest absolute Gasteiger partial charge is 0 e. The third-order valence-electron chi connectivity index (χ3n) is 8.87. The Kier molecular flexibility index (Phi) is 12.1. The molecule has 255 valence electrons. The first kappa shape index (κ1) is 37.2. The molecular formula is C45H45GeIrN3-2. The van der Waals surface area contributed by atoms with Gasteiger partial charge in [0.05, 0.1) is 16.9 Å². The van der Waals surface area contributed by atoms with Gasteiger partial charge in [-0.2, -0.15) is 0 Å². The number of benzene rings is 5. The maximum absolute atomic E-state index is 5.07. The van der Waals surface area contributed by atoms with E-state index in [1.165, 1.54) is 32.3 Å². The van der Waals surface area contributed by atoms with E-state index in [1.807, 2.05) is 42.6 Å². The molecule has 5 heteroatoms. The van der Waals surface area contributed by atoms with Gasteiger partial charge in [-0.15, -0.1) is 35.9 Å². The molecule has 2 aromatic heterocycles. The summed E-state index contributed by atoms with van der Waals surface area (Å²) < 4.78 is 3.81. The predicted octanol–water partition coefficient (Wildman–Crippen LogP) is 11.5. The summed E-state index contributed by atoms with van der Waals surface area (Å²) in [6.45, 7) is 9.13. The van der Waals surface area contributed by atoms with Gasteiger partial charge in [-0.3, -0.25) is 4.98 Å². The van der Waals surface area contributed by atoms with Crippen LogP contribution in [0.15, 0.2) is 134 Å². The maximum atomic E-state index is 5.07. The molecule has 3 nitrogen and oxygen atoms in total. The van der Waals surface area contributed by atoms with E-state index in [2.05, 4.69) is 158 Å². The molecule has 0 fully saturated rings. The van der Waals surface area contributed by atoms with Crippen LogP contribution in [0.3, 0.4) is 0 Å². The Morgan fingerprint density at radius 2 is 1.20 bits per heavy atom. The summed E-state index contributed by atoms with van der Waals surface area (Å²) in [4.78, 5) is 9.60. The number of fused-ring (bicyclic) bond motifs is 1. The van der Waals surface area contributed by atoms with Crippen molar-refractivity contribution < 1.29 is 20.1 Å². The van der Waals surface area contributed by atoms with Crippen LogP contribution in [-0.2, 0) is 20.1 Å². The van der Waals surface area contributed by atoms with E-state index in [0.29, 0.717) is 11.8 Å². The molecular weight excluding hydrogens is 847 g/mol. The van der Waals surface area contributed by atoms with Gasteiger partial charge in [0.15, 0.2) is 0 Å². The molecule has 50 heavy (non-hydrogen) atoms. The molecule has 0 N–H and O–H groups in total. The third-order valence-corrected chi connectivity index (χ3v) is 13.1. The van der Waals surface area contributed by atoms with Crippen molar-refractivity contribution in [3.05, 3.63) is 157 Å². The summed E-state index contributed by atoms with van der Waals surface area (Å²) in [7, 11) is 0. The van der Waals surface area contributed by atoms with Crippen molar-refractivity contribution in [2.45, 2.75) is 56.8 Å². The van der Waals surface area contributed by atoms with E-state index < -0.39 is 13.3 Å². The standard InChI is InChI=1S/C31H29N2.C14H16GeN.Ir/c1-21(2)26-19-25(23-13-7-5-8-14-23)20-27(22(3)4)30(26)33-29-18-12-11-17-28(29)32-31(33)24-15-9-6-10-16-24;1-15(2,3)13-9-10-14(16-11-13)12-7-5-4-6-8-12;/h5-15,17-22H,1-4H3;4-7,9-11H,1-3H3;/q2*-1;. The van der Waals surface area contributed by atoms with E-state index in [-0.39, 0.29) is 20.1 Å².